The van der Waals surface area contributed by atoms with Crippen LogP contribution in [0.4, 0.5) is 11.4 Å². The van der Waals surface area contributed by atoms with Crippen molar-refractivity contribution in [1.82, 2.24) is 4.90 Å². The van der Waals surface area contributed by atoms with E-state index in [0.717, 1.165) is 5.56 Å². The summed E-state index contributed by atoms with van der Waals surface area (Å²) in [4.78, 5) is 44.4. The van der Waals surface area contributed by atoms with E-state index in [1.54, 1.807) is 67.5 Å². The Morgan fingerprint density at radius 1 is 1.08 bits per heavy atom. The van der Waals surface area contributed by atoms with E-state index in [-0.39, 0.29) is 31.4 Å². The Morgan fingerprint density at radius 3 is 2.47 bits per heavy atom. The molecule has 1 atom stereocenters. The molecule has 196 valence electrons. The number of aliphatic imine (C=N–C) groups is 1. The maximum atomic E-state index is 13.4. The van der Waals surface area contributed by atoms with Gasteiger partial charge in [-0.3, -0.25) is 14.5 Å². The molecule has 38 heavy (non-hydrogen) atoms. The van der Waals surface area contributed by atoms with Gasteiger partial charge in [0.1, 0.15) is 11.0 Å². The number of anilines is 1. The van der Waals surface area contributed by atoms with Crippen molar-refractivity contribution in [3.63, 3.8) is 0 Å². The molecule has 1 saturated heterocycles. The first kappa shape index (κ1) is 27.2. The van der Waals surface area contributed by atoms with Crippen LogP contribution in [0.15, 0.2) is 77.8 Å². The number of hydrogen-bond donors (Lipinski definition) is 1. The number of thioether (sulfide) groups is 1. The van der Waals surface area contributed by atoms with E-state index in [2.05, 4.69) is 10.3 Å². The Bertz CT molecular complexity index is 1350. The number of benzene rings is 3. The lowest BCUT2D eigenvalue weighted by Gasteiger charge is -2.17. The Labute approximate surface area is 230 Å². The van der Waals surface area contributed by atoms with Gasteiger partial charge in [0.2, 0.25) is 11.8 Å². The number of amidine groups is 1. The normalized spacial score (nSPS) is 16.0. The molecule has 3 aromatic carbocycles. The number of carbonyl (C=O) groups excluding carboxylic acids is 3. The van der Waals surface area contributed by atoms with E-state index in [0.29, 0.717) is 32.9 Å². The molecule has 0 unspecified atom stereocenters. The second kappa shape index (κ2) is 12.6. The molecule has 1 heterocycles. The van der Waals surface area contributed by atoms with E-state index in [4.69, 9.17) is 21.1 Å². The van der Waals surface area contributed by atoms with Gasteiger partial charge >= 0.3 is 5.97 Å². The van der Waals surface area contributed by atoms with Gasteiger partial charge in [-0.15, -0.1) is 0 Å². The summed E-state index contributed by atoms with van der Waals surface area (Å²) in [6.45, 7) is 2.31. The summed E-state index contributed by atoms with van der Waals surface area (Å²) < 4.78 is 10.3. The zero-order valence-corrected chi connectivity index (χ0v) is 22.4. The number of hydrogen-bond acceptors (Lipinski definition) is 7. The maximum absolute atomic E-state index is 13.4. The topological polar surface area (TPSA) is 97.3 Å². The smallest absolute Gasteiger partial charge is 0.338 e. The minimum atomic E-state index is -0.648. The zero-order chi connectivity index (χ0) is 27.1. The van der Waals surface area contributed by atoms with Crippen molar-refractivity contribution in [3.8, 4) is 5.75 Å². The molecule has 0 bridgehead atoms. The SMILES string of the molecule is CCOC(=O)c1ccc(N=C2S[C@@H](CC(=O)Nc3cccc(Cl)c3)C(=O)N2Cc2ccc(OC)cc2)cc1. The average molecular weight is 552 g/mol. The van der Waals surface area contributed by atoms with E-state index in [1.165, 1.54) is 11.8 Å². The fourth-order valence-corrected chi connectivity index (χ4v) is 5.08. The van der Waals surface area contributed by atoms with Crippen LogP contribution >= 0.6 is 23.4 Å². The van der Waals surface area contributed by atoms with Crippen LogP contribution in [0.25, 0.3) is 0 Å². The Hall–Kier alpha value is -3.82. The number of ether oxygens (including phenoxy) is 2. The monoisotopic (exact) mass is 551 g/mol. The summed E-state index contributed by atoms with van der Waals surface area (Å²) in [5.41, 5.74) is 2.42. The van der Waals surface area contributed by atoms with Gasteiger partial charge in [0.05, 0.1) is 31.5 Å². The number of halogens is 1. The Kier molecular flexibility index (Phi) is 9.04. The number of amides is 2. The lowest BCUT2D eigenvalue weighted by atomic mass is 10.2. The van der Waals surface area contributed by atoms with Crippen LogP contribution in [-0.4, -0.2) is 46.8 Å². The lowest BCUT2D eigenvalue weighted by molar-refractivity contribution is -0.128. The van der Waals surface area contributed by atoms with E-state index in [9.17, 15) is 14.4 Å². The van der Waals surface area contributed by atoms with Gasteiger partial charge in [0.25, 0.3) is 0 Å². The molecule has 4 rings (SSSR count). The van der Waals surface area contributed by atoms with Gasteiger partial charge in [0, 0.05) is 17.1 Å². The fraction of sp³-hybridized carbons (Fsp3) is 0.214. The highest BCUT2D eigenvalue weighted by atomic mass is 35.5. The first-order valence-corrected chi connectivity index (χ1v) is 13.1. The highest BCUT2D eigenvalue weighted by molar-refractivity contribution is 8.15. The fourth-order valence-electron chi connectivity index (χ4n) is 3.73. The van der Waals surface area contributed by atoms with Crippen molar-refractivity contribution >= 4 is 57.7 Å². The van der Waals surface area contributed by atoms with Crippen molar-refractivity contribution in [2.45, 2.75) is 25.1 Å². The first-order chi connectivity index (χ1) is 18.4. The second-order valence-electron chi connectivity index (χ2n) is 8.30. The van der Waals surface area contributed by atoms with Gasteiger partial charge in [-0.2, -0.15) is 0 Å². The van der Waals surface area contributed by atoms with E-state index in [1.807, 2.05) is 24.3 Å². The largest absolute Gasteiger partial charge is 0.497 e. The number of carbonyl (C=O) groups is 3. The summed E-state index contributed by atoms with van der Waals surface area (Å²) in [5, 5.41) is 3.12. The summed E-state index contributed by atoms with van der Waals surface area (Å²) in [5.74, 6) is -0.220. The third-order valence-electron chi connectivity index (χ3n) is 5.60. The molecular formula is C28H26ClN3O5S. The molecule has 0 saturated carbocycles. The first-order valence-electron chi connectivity index (χ1n) is 11.9. The Balaban J connectivity index is 1.55. The molecule has 0 aromatic heterocycles. The number of nitrogens with one attached hydrogen (secondary N) is 1. The number of rotatable bonds is 9. The van der Waals surface area contributed by atoms with Gasteiger partial charge < -0.3 is 14.8 Å². The van der Waals surface area contributed by atoms with Gasteiger partial charge in [-0.1, -0.05) is 41.6 Å². The zero-order valence-electron chi connectivity index (χ0n) is 20.8. The van der Waals surface area contributed by atoms with Crippen molar-refractivity contribution in [3.05, 3.63) is 88.9 Å². The van der Waals surface area contributed by atoms with Crippen molar-refractivity contribution < 1.29 is 23.9 Å². The molecule has 0 spiro atoms. The van der Waals surface area contributed by atoms with Crippen LogP contribution in [0, 0.1) is 0 Å². The molecule has 0 aliphatic carbocycles. The minimum Gasteiger partial charge on any atom is -0.497 e. The average Bonchev–Trinajstić information content (AvgIpc) is 3.18. The quantitative estimate of drug-likeness (QED) is 0.343. The third kappa shape index (κ3) is 6.93. The van der Waals surface area contributed by atoms with Crippen LogP contribution in [0.3, 0.4) is 0 Å². The molecule has 1 aliphatic heterocycles. The second-order valence-corrected chi connectivity index (χ2v) is 9.91. The number of methoxy groups -OCH3 is 1. The summed E-state index contributed by atoms with van der Waals surface area (Å²) in [6.07, 6.45) is -0.0318. The van der Waals surface area contributed by atoms with E-state index < -0.39 is 11.2 Å². The lowest BCUT2D eigenvalue weighted by Crippen LogP contribution is -2.33. The van der Waals surface area contributed by atoms with Crippen LogP contribution in [0.1, 0.15) is 29.3 Å². The predicted molar refractivity (Wildman–Crippen MR) is 149 cm³/mol. The maximum Gasteiger partial charge on any atom is 0.338 e. The summed E-state index contributed by atoms with van der Waals surface area (Å²) in [7, 11) is 1.59. The van der Waals surface area contributed by atoms with Gasteiger partial charge in [-0.05, 0) is 67.1 Å². The number of esters is 1. The molecular weight excluding hydrogens is 526 g/mol. The van der Waals surface area contributed by atoms with Gasteiger partial charge in [-0.25, -0.2) is 9.79 Å². The third-order valence-corrected chi connectivity index (χ3v) is 7.01. The molecule has 0 radical (unpaired) electrons. The van der Waals surface area contributed by atoms with Crippen LogP contribution in [0.2, 0.25) is 5.02 Å². The van der Waals surface area contributed by atoms with Crippen molar-refractivity contribution in [1.29, 1.82) is 0 Å². The standard InChI is InChI=1S/C28H26ClN3O5S/c1-3-37-27(35)19-9-11-21(12-10-19)31-28-32(17-18-7-13-23(36-2)14-8-18)26(34)24(38-28)16-25(33)30-22-6-4-5-20(29)15-22/h4-15,24H,3,16-17H2,1-2H3,(H,30,33)/t24-/m0/s1. The van der Waals surface area contributed by atoms with Crippen molar-refractivity contribution in [2.24, 2.45) is 4.99 Å². The van der Waals surface area contributed by atoms with Crippen LogP contribution in [0.5, 0.6) is 5.75 Å². The molecule has 1 N–H and O–H groups in total. The summed E-state index contributed by atoms with van der Waals surface area (Å²) >= 11 is 7.24. The molecule has 8 nitrogen and oxygen atoms in total. The summed E-state index contributed by atoms with van der Waals surface area (Å²) in [6, 6.07) is 20.9. The molecule has 2 amide bonds. The number of nitrogens with zero attached hydrogens (tertiary/aromatic N) is 2. The van der Waals surface area contributed by atoms with Crippen LogP contribution in [-0.2, 0) is 20.9 Å². The molecule has 10 heteroatoms. The molecule has 1 aliphatic rings. The van der Waals surface area contributed by atoms with Crippen molar-refractivity contribution in [2.75, 3.05) is 19.0 Å². The predicted octanol–water partition coefficient (Wildman–Crippen LogP) is 5.69. The highest BCUT2D eigenvalue weighted by Gasteiger charge is 2.39. The highest BCUT2D eigenvalue weighted by Crippen LogP contribution is 2.33. The van der Waals surface area contributed by atoms with Gasteiger partial charge in [0.15, 0.2) is 5.17 Å². The van der Waals surface area contributed by atoms with Crippen LogP contribution < -0.4 is 10.1 Å². The molecule has 1 fully saturated rings. The minimum absolute atomic E-state index is 0.0318. The molecule has 3 aromatic rings. The van der Waals surface area contributed by atoms with E-state index >= 15 is 0 Å². The Morgan fingerprint density at radius 2 is 1.82 bits per heavy atom.